The second-order valence-electron chi connectivity index (χ2n) is 2.39. The highest BCUT2D eigenvalue weighted by Gasteiger charge is 2.08. The molecule has 0 aliphatic rings. The molecule has 0 fully saturated rings. The van der Waals surface area contributed by atoms with Crippen molar-refractivity contribution in [1.82, 2.24) is 9.97 Å². The molecule has 0 saturated heterocycles. The van der Waals surface area contributed by atoms with E-state index >= 15 is 0 Å². The molecule has 12 heavy (non-hydrogen) atoms. The molecule has 0 N–H and O–H groups in total. The van der Waals surface area contributed by atoms with Crippen molar-refractivity contribution in [3.8, 4) is 5.88 Å². The van der Waals surface area contributed by atoms with Crippen LogP contribution >= 0.6 is 11.6 Å². The van der Waals surface area contributed by atoms with E-state index in [0.717, 1.165) is 12.1 Å². The van der Waals surface area contributed by atoms with Gasteiger partial charge in [0.15, 0.2) is 0 Å². The number of hydrogen-bond acceptors (Lipinski definition) is 3. The number of nitrogens with zero attached hydrogens (tertiary/aromatic N) is 2. The molecule has 0 aromatic carbocycles. The summed E-state index contributed by atoms with van der Waals surface area (Å²) in [5.41, 5.74) is 0.834. The Kier molecular flexibility index (Phi) is 2.87. The molecule has 0 amide bonds. The first-order valence-electron chi connectivity index (χ1n) is 3.76. The second-order valence-corrected chi connectivity index (χ2v) is 2.77. The summed E-state index contributed by atoms with van der Waals surface area (Å²) >= 11 is 5.93. The van der Waals surface area contributed by atoms with Gasteiger partial charge in [-0.1, -0.05) is 18.5 Å². The fourth-order valence-corrected chi connectivity index (χ4v) is 1.25. The Morgan fingerprint density at radius 2 is 2.08 bits per heavy atom. The Morgan fingerprint density at radius 3 is 2.58 bits per heavy atom. The topological polar surface area (TPSA) is 35.0 Å². The van der Waals surface area contributed by atoms with Crippen LogP contribution in [0.1, 0.15) is 18.4 Å². The summed E-state index contributed by atoms with van der Waals surface area (Å²) in [5.74, 6) is 1.15. The summed E-state index contributed by atoms with van der Waals surface area (Å²) < 4.78 is 4.99. The highest BCUT2D eigenvalue weighted by Crippen LogP contribution is 2.24. The predicted octanol–water partition coefficient (Wildman–Crippen LogP) is 2.01. The number of rotatable bonds is 2. The van der Waals surface area contributed by atoms with Crippen molar-refractivity contribution in [3.05, 3.63) is 16.5 Å². The Hall–Kier alpha value is -0.830. The maximum absolute atomic E-state index is 5.93. The van der Waals surface area contributed by atoms with E-state index in [1.54, 1.807) is 7.11 Å². The number of ether oxygens (including phenoxy) is 1. The van der Waals surface area contributed by atoms with Crippen LogP contribution in [0, 0.1) is 6.92 Å². The van der Waals surface area contributed by atoms with Gasteiger partial charge in [0.05, 0.1) is 12.8 Å². The SMILES string of the molecule is CCc1nc(C)nc(OC)c1Cl. The van der Waals surface area contributed by atoms with Gasteiger partial charge in [-0.25, -0.2) is 4.98 Å². The average Bonchev–Trinajstić information content (AvgIpc) is 2.08. The van der Waals surface area contributed by atoms with Gasteiger partial charge in [-0.05, 0) is 13.3 Å². The molecule has 0 saturated carbocycles. The lowest BCUT2D eigenvalue weighted by atomic mass is 10.3. The van der Waals surface area contributed by atoms with Crippen LogP contribution in [0.15, 0.2) is 0 Å². The largest absolute Gasteiger partial charge is 0.480 e. The smallest absolute Gasteiger partial charge is 0.235 e. The lowest BCUT2D eigenvalue weighted by molar-refractivity contribution is 0.395. The minimum atomic E-state index is 0.459. The first-order valence-corrected chi connectivity index (χ1v) is 4.13. The zero-order valence-electron chi connectivity index (χ0n) is 7.39. The molecule has 0 spiro atoms. The third kappa shape index (κ3) is 1.67. The van der Waals surface area contributed by atoms with Gasteiger partial charge in [0, 0.05) is 0 Å². The molecule has 1 aromatic rings. The van der Waals surface area contributed by atoms with Crippen LogP contribution in [0.25, 0.3) is 0 Å². The van der Waals surface area contributed by atoms with E-state index in [9.17, 15) is 0 Å². The summed E-state index contributed by atoms with van der Waals surface area (Å²) in [6.07, 6.45) is 0.790. The molecule has 1 aromatic heterocycles. The van der Waals surface area contributed by atoms with Crippen molar-refractivity contribution < 1.29 is 4.74 Å². The van der Waals surface area contributed by atoms with Gasteiger partial charge in [0.1, 0.15) is 10.8 Å². The average molecular weight is 187 g/mol. The quantitative estimate of drug-likeness (QED) is 0.709. The highest BCUT2D eigenvalue weighted by atomic mass is 35.5. The van der Waals surface area contributed by atoms with Crippen LogP contribution in [0.3, 0.4) is 0 Å². The molecular formula is C8H11ClN2O. The lowest BCUT2D eigenvalue weighted by Gasteiger charge is -2.05. The molecule has 0 aliphatic carbocycles. The van der Waals surface area contributed by atoms with Crippen LogP contribution in [0.5, 0.6) is 5.88 Å². The third-order valence-electron chi connectivity index (χ3n) is 1.53. The maximum Gasteiger partial charge on any atom is 0.235 e. The minimum Gasteiger partial charge on any atom is -0.480 e. The number of methoxy groups -OCH3 is 1. The monoisotopic (exact) mass is 186 g/mol. The molecule has 0 radical (unpaired) electrons. The van der Waals surface area contributed by atoms with Crippen LogP contribution in [0.4, 0.5) is 0 Å². The molecular weight excluding hydrogens is 176 g/mol. The molecule has 0 unspecified atom stereocenters. The van der Waals surface area contributed by atoms with Crippen LogP contribution in [0.2, 0.25) is 5.02 Å². The van der Waals surface area contributed by atoms with E-state index < -0.39 is 0 Å². The fraction of sp³-hybridized carbons (Fsp3) is 0.500. The summed E-state index contributed by atoms with van der Waals surface area (Å²) in [4.78, 5) is 8.21. The Bertz CT molecular complexity index is 263. The van der Waals surface area contributed by atoms with E-state index in [1.165, 1.54) is 0 Å². The van der Waals surface area contributed by atoms with E-state index in [4.69, 9.17) is 16.3 Å². The normalized spacial score (nSPS) is 10.0. The Labute approximate surface area is 76.7 Å². The van der Waals surface area contributed by atoms with Gasteiger partial charge >= 0.3 is 0 Å². The van der Waals surface area contributed by atoms with Gasteiger partial charge in [-0.2, -0.15) is 4.98 Å². The molecule has 0 bridgehead atoms. The third-order valence-corrected chi connectivity index (χ3v) is 1.91. The molecule has 1 rings (SSSR count). The fourth-order valence-electron chi connectivity index (χ4n) is 0.958. The first-order chi connectivity index (χ1) is 5.69. The van der Waals surface area contributed by atoms with Gasteiger partial charge < -0.3 is 4.74 Å². The van der Waals surface area contributed by atoms with Crippen molar-refractivity contribution in [2.24, 2.45) is 0 Å². The van der Waals surface area contributed by atoms with Crippen LogP contribution in [-0.2, 0) is 6.42 Å². The lowest BCUT2D eigenvalue weighted by Crippen LogP contribution is -1.99. The van der Waals surface area contributed by atoms with Crippen LogP contribution in [-0.4, -0.2) is 17.1 Å². The summed E-state index contributed by atoms with van der Waals surface area (Å²) in [6, 6.07) is 0. The molecule has 3 nitrogen and oxygen atoms in total. The maximum atomic E-state index is 5.93. The number of aryl methyl sites for hydroxylation is 2. The van der Waals surface area contributed by atoms with Gasteiger partial charge in [0.25, 0.3) is 0 Å². The van der Waals surface area contributed by atoms with Gasteiger partial charge in [0.2, 0.25) is 5.88 Å². The van der Waals surface area contributed by atoms with Gasteiger partial charge in [-0.15, -0.1) is 0 Å². The molecule has 0 aliphatic heterocycles. The summed E-state index contributed by atoms with van der Waals surface area (Å²) in [6.45, 7) is 3.81. The van der Waals surface area contributed by atoms with E-state index in [1.807, 2.05) is 13.8 Å². The van der Waals surface area contributed by atoms with Crippen LogP contribution < -0.4 is 4.74 Å². The molecule has 66 valence electrons. The molecule has 1 heterocycles. The Balaban J connectivity index is 3.22. The van der Waals surface area contributed by atoms with E-state index in [0.29, 0.717) is 16.7 Å². The molecule has 4 heteroatoms. The predicted molar refractivity (Wildman–Crippen MR) is 47.7 cm³/mol. The number of hydrogen-bond donors (Lipinski definition) is 0. The second kappa shape index (κ2) is 3.72. The van der Waals surface area contributed by atoms with Crippen molar-refractivity contribution in [2.45, 2.75) is 20.3 Å². The molecule has 0 atom stereocenters. The van der Waals surface area contributed by atoms with Crippen molar-refractivity contribution in [1.29, 1.82) is 0 Å². The standard InChI is InChI=1S/C8H11ClN2O/c1-4-6-7(9)8(12-3)11-5(2)10-6/h4H2,1-3H3. The van der Waals surface area contributed by atoms with E-state index in [2.05, 4.69) is 9.97 Å². The minimum absolute atomic E-state index is 0.459. The van der Waals surface area contributed by atoms with Crippen molar-refractivity contribution in [2.75, 3.05) is 7.11 Å². The Morgan fingerprint density at radius 1 is 1.42 bits per heavy atom. The van der Waals surface area contributed by atoms with Crippen molar-refractivity contribution in [3.63, 3.8) is 0 Å². The van der Waals surface area contributed by atoms with Crippen molar-refractivity contribution >= 4 is 11.6 Å². The zero-order chi connectivity index (χ0) is 9.14. The zero-order valence-corrected chi connectivity index (χ0v) is 8.14. The summed E-state index contributed by atoms with van der Waals surface area (Å²) in [7, 11) is 1.55. The van der Waals surface area contributed by atoms with Gasteiger partial charge in [-0.3, -0.25) is 0 Å². The first kappa shape index (κ1) is 9.26. The summed E-state index contributed by atoms with van der Waals surface area (Å²) in [5, 5.41) is 0.519. The highest BCUT2D eigenvalue weighted by molar-refractivity contribution is 6.32. The number of halogens is 1. The van der Waals surface area contributed by atoms with E-state index in [-0.39, 0.29) is 0 Å². The number of aromatic nitrogens is 2.